The van der Waals surface area contributed by atoms with Crippen molar-refractivity contribution in [3.63, 3.8) is 0 Å². The molecule has 6 heteroatoms. The number of anilines is 1. The molecule has 0 aromatic heterocycles. The Morgan fingerprint density at radius 3 is 2.49 bits per heavy atom. The van der Waals surface area contributed by atoms with Crippen LogP contribution in [0.4, 0.5) is 5.69 Å². The molecule has 0 spiro atoms. The number of para-hydroxylation sites is 1. The Bertz CT molecular complexity index is 1230. The topological polar surface area (TPSA) is 76.1 Å². The van der Waals surface area contributed by atoms with Crippen molar-refractivity contribution < 1.29 is 24.2 Å². The van der Waals surface area contributed by atoms with Crippen LogP contribution in [0.3, 0.4) is 0 Å². The molecule has 0 saturated heterocycles. The lowest BCUT2D eigenvalue weighted by molar-refractivity contribution is -0.118. The summed E-state index contributed by atoms with van der Waals surface area (Å²) in [5.74, 6) is -0.303. The zero-order valence-electron chi connectivity index (χ0n) is 19.9. The molecule has 6 nitrogen and oxygen atoms in total. The minimum atomic E-state index is -0.830. The summed E-state index contributed by atoms with van der Waals surface area (Å²) in [7, 11) is 1.54. The Hall–Kier alpha value is -4.06. The lowest BCUT2D eigenvalue weighted by Gasteiger charge is -2.28. The van der Waals surface area contributed by atoms with Crippen LogP contribution in [-0.2, 0) is 16.0 Å². The molecule has 3 aromatic carbocycles. The van der Waals surface area contributed by atoms with E-state index < -0.39 is 17.7 Å². The fraction of sp³-hybridized carbons (Fsp3) is 0.241. The predicted molar refractivity (Wildman–Crippen MR) is 135 cm³/mol. The zero-order chi connectivity index (χ0) is 24.8. The minimum absolute atomic E-state index is 0.0790. The van der Waals surface area contributed by atoms with Gasteiger partial charge in [0.2, 0.25) is 0 Å². The van der Waals surface area contributed by atoms with Crippen LogP contribution >= 0.6 is 0 Å². The number of nitrogens with zero attached hydrogens (tertiary/aromatic N) is 1. The number of aliphatic hydroxyl groups is 1. The number of hydrogen-bond acceptors (Lipinski definition) is 5. The van der Waals surface area contributed by atoms with E-state index in [0.717, 1.165) is 12.0 Å². The summed E-state index contributed by atoms with van der Waals surface area (Å²) in [5.41, 5.74) is 2.24. The van der Waals surface area contributed by atoms with Gasteiger partial charge in [-0.05, 0) is 36.6 Å². The molecular formula is C29H29NO5. The van der Waals surface area contributed by atoms with Gasteiger partial charge in [0, 0.05) is 23.7 Å². The van der Waals surface area contributed by atoms with Crippen molar-refractivity contribution in [3.05, 3.63) is 101 Å². The smallest absolute Gasteiger partial charge is 0.294 e. The van der Waals surface area contributed by atoms with Gasteiger partial charge in [-0.3, -0.25) is 14.5 Å². The molecule has 0 bridgehead atoms. The van der Waals surface area contributed by atoms with E-state index >= 15 is 0 Å². The highest BCUT2D eigenvalue weighted by atomic mass is 16.5. The minimum Gasteiger partial charge on any atom is -0.503 e. The van der Waals surface area contributed by atoms with Gasteiger partial charge in [0.05, 0.1) is 25.3 Å². The second-order valence-corrected chi connectivity index (χ2v) is 8.34. The van der Waals surface area contributed by atoms with E-state index in [9.17, 15) is 14.7 Å². The maximum absolute atomic E-state index is 13.5. The normalized spacial score (nSPS) is 15.4. The Morgan fingerprint density at radius 1 is 1.00 bits per heavy atom. The molecule has 1 aliphatic heterocycles. The molecule has 180 valence electrons. The monoisotopic (exact) mass is 471 g/mol. The van der Waals surface area contributed by atoms with E-state index in [1.807, 2.05) is 61.5 Å². The van der Waals surface area contributed by atoms with Crippen LogP contribution in [0, 0.1) is 0 Å². The van der Waals surface area contributed by atoms with Crippen LogP contribution in [0.1, 0.15) is 36.9 Å². The number of carbonyl (C=O) groups is 2. The third-order valence-electron chi connectivity index (χ3n) is 5.99. The molecule has 1 unspecified atom stereocenters. The summed E-state index contributed by atoms with van der Waals surface area (Å²) in [5, 5.41) is 11.0. The van der Waals surface area contributed by atoms with Gasteiger partial charge in [0.25, 0.3) is 5.91 Å². The first-order chi connectivity index (χ1) is 17.0. The van der Waals surface area contributed by atoms with Gasteiger partial charge in [0.1, 0.15) is 11.5 Å². The molecule has 1 atom stereocenters. The van der Waals surface area contributed by atoms with Crippen LogP contribution in [0.25, 0.3) is 0 Å². The SMILES string of the molecule is CCCOc1cccc(N2C(=O)C(O)=C(C(=O)CCc3ccccc3)C2c2ccccc2OC)c1. The van der Waals surface area contributed by atoms with E-state index in [0.29, 0.717) is 35.8 Å². The molecule has 0 saturated carbocycles. The van der Waals surface area contributed by atoms with E-state index in [-0.39, 0.29) is 17.8 Å². The number of aliphatic hydroxyl groups excluding tert-OH is 1. The van der Waals surface area contributed by atoms with Gasteiger partial charge >= 0.3 is 0 Å². The van der Waals surface area contributed by atoms with Gasteiger partial charge in [0.15, 0.2) is 11.5 Å². The number of hydrogen-bond donors (Lipinski definition) is 1. The number of carbonyl (C=O) groups excluding carboxylic acids is 2. The molecule has 4 rings (SSSR count). The Labute approximate surface area is 205 Å². The molecule has 1 amide bonds. The van der Waals surface area contributed by atoms with Gasteiger partial charge < -0.3 is 14.6 Å². The average molecular weight is 472 g/mol. The fourth-order valence-corrected chi connectivity index (χ4v) is 4.32. The molecule has 1 N–H and O–H groups in total. The molecule has 1 aliphatic rings. The van der Waals surface area contributed by atoms with Gasteiger partial charge in [-0.2, -0.15) is 0 Å². The second kappa shape index (κ2) is 10.9. The number of ether oxygens (including phenoxy) is 2. The first-order valence-electron chi connectivity index (χ1n) is 11.7. The third-order valence-corrected chi connectivity index (χ3v) is 5.99. The molecular weight excluding hydrogens is 442 g/mol. The third kappa shape index (κ3) is 5.06. The Kier molecular flexibility index (Phi) is 7.51. The molecule has 0 fully saturated rings. The predicted octanol–water partition coefficient (Wildman–Crippen LogP) is 5.59. The summed E-state index contributed by atoms with van der Waals surface area (Å²) in [4.78, 5) is 28.3. The number of benzene rings is 3. The zero-order valence-corrected chi connectivity index (χ0v) is 19.9. The highest BCUT2D eigenvalue weighted by Crippen LogP contribution is 2.44. The van der Waals surface area contributed by atoms with Crippen LogP contribution in [0.5, 0.6) is 11.5 Å². The number of methoxy groups -OCH3 is 1. The average Bonchev–Trinajstić information content (AvgIpc) is 3.16. The Morgan fingerprint density at radius 2 is 1.74 bits per heavy atom. The number of amides is 1. The maximum atomic E-state index is 13.5. The van der Waals surface area contributed by atoms with Crippen molar-refractivity contribution in [2.45, 2.75) is 32.2 Å². The lowest BCUT2D eigenvalue weighted by Crippen LogP contribution is -2.31. The standard InChI is InChI=1S/C29H29NO5/c1-3-18-35-22-13-9-12-21(19-22)30-27(23-14-7-8-15-25(23)34-2)26(28(32)29(30)33)24(31)17-16-20-10-5-4-6-11-20/h4-15,19,27,32H,3,16-18H2,1-2H3. The van der Waals surface area contributed by atoms with E-state index in [4.69, 9.17) is 9.47 Å². The van der Waals surface area contributed by atoms with Crippen LogP contribution in [-0.4, -0.2) is 30.5 Å². The summed E-state index contributed by atoms with van der Waals surface area (Å²) < 4.78 is 11.3. The highest BCUT2D eigenvalue weighted by Gasteiger charge is 2.45. The largest absolute Gasteiger partial charge is 0.503 e. The Balaban J connectivity index is 1.75. The van der Waals surface area contributed by atoms with Crippen molar-refractivity contribution in [1.29, 1.82) is 0 Å². The molecule has 0 aliphatic carbocycles. The first kappa shape index (κ1) is 24.1. The van der Waals surface area contributed by atoms with Gasteiger partial charge in [-0.15, -0.1) is 0 Å². The molecule has 0 radical (unpaired) electrons. The van der Waals surface area contributed by atoms with E-state index in [1.54, 1.807) is 31.4 Å². The van der Waals surface area contributed by atoms with E-state index in [1.165, 1.54) is 4.90 Å². The summed E-state index contributed by atoms with van der Waals surface area (Å²) >= 11 is 0. The van der Waals surface area contributed by atoms with Crippen LogP contribution < -0.4 is 14.4 Å². The number of aryl methyl sites for hydroxylation is 1. The summed E-state index contributed by atoms with van der Waals surface area (Å²) in [6, 6.07) is 23.2. The summed E-state index contributed by atoms with van der Waals surface area (Å²) in [6.45, 7) is 2.56. The van der Waals surface area contributed by atoms with Crippen molar-refractivity contribution >= 4 is 17.4 Å². The first-order valence-corrected chi connectivity index (χ1v) is 11.7. The number of ketones is 1. The fourth-order valence-electron chi connectivity index (χ4n) is 4.32. The second-order valence-electron chi connectivity index (χ2n) is 8.34. The molecule has 35 heavy (non-hydrogen) atoms. The van der Waals surface area contributed by atoms with Crippen molar-refractivity contribution in [3.8, 4) is 11.5 Å². The van der Waals surface area contributed by atoms with E-state index in [2.05, 4.69) is 0 Å². The number of rotatable bonds is 10. The van der Waals surface area contributed by atoms with Gasteiger partial charge in [-0.1, -0.05) is 61.5 Å². The quantitative estimate of drug-likeness (QED) is 0.417. The highest BCUT2D eigenvalue weighted by molar-refractivity contribution is 6.16. The van der Waals surface area contributed by atoms with Gasteiger partial charge in [-0.25, -0.2) is 0 Å². The van der Waals surface area contributed by atoms with Crippen LogP contribution in [0.15, 0.2) is 90.2 Å². The summed E-state index contributed by atoms with van der Waals surface area (Å²) in [6.07, 6.45) is 1.51. The lowest BCUT2D eigenvalue weighted by atomic mass is 9.92. The number of Topliss-reactive ketones (excluding diaryl/α,β-unsaturated/α-hetero) is 1. The maximum Gasteiger partial charge on any atom is 0.294 e. The van der Waals surface area contributed by atoms with Crippen molar-refractivity contribution in [2.75, 3.05) is 18.6 Å². The van der Waals surface area contributed by atoms with Crippen molar-refractivity contribution in [1.82, 2.24) is 0 Å². The molecule has 3 aromatic rings. The molecule has 1 heterocycles. The van der Waals surface area contributed by atoms with Crippen LogP contribution in [0.2, 0.25) is 0 Å². The van der Waals surface area contributed by atoms with Crippen molar-refractivity contribution in [2.24, 2.45) is 0 Å².